The number of aryl methyl sites for hydroxylation is 2. The highest BCUT2D eigenvalue weighted by Gasteiger charge is 2.24. The van der Waals surface area contributed by atoms with Gasteiger partial charge < -0.3 is 10.1 Å². The van der Waals surface area contributed by atoms with Crippen molar-refractivity contribution < 1.29 is 9.66 Å². The van der Waals surface area contributed by atoms with Gasteiger partial charge in [0.15, 0.2) is 0 Å². The molecule has 104 valence electrons. The third kappa shape index (κ3) is 2.66. The van der Waals surface area contributed by atoms with Gasteiger partial charge in [0.1, 0.15) is 12.1 Å². The van der Waals surface area contributed by atoms with Crippen molar-refractivity contribution in [1.29, 1.82) is 0 Å². The maximum absolute atomic E-state index is 11.1. The van der Waals surface area contributed by atoms with Gasteiger partial charge in [-0.2, -0.15) is 4.98 Å². The predicted molar refractivity (Wildman–Crippen MR) is 74.2 cm³/mol. The normalized spacial score (nSPS) is 10.2. The van der Waals surface area contributed by atoms with Crippen molar-refractivity contribution >= 4 is 11.5 Å². The zero-order valence-electron chi connectivity index (χ0n) is 11.4. The minimum absolute atomic E-state index is 0.0805. The van der Waals surface area contributed by atoms with Crippen LogP contribution in [-0.4, -0.2) is 21.9 Å². The van der Waals surface area contributed by atoms with E-state index in [1.165, 1.54) is 6.33 Å². The number of hydrogen-bond donors (Lipinski definition) is 1. The Morgan fingerprint density at radius 3 is 2.70 bits per heavy atom. The van der Waals surface area contributed by atoms with Crippen molar-refractivity contribution in [2.75, 3.05) is 12.4 Å². The molecule has 0 aliphatic rings. The smallest absolute Gasteiger partial charge is 0.373 e. The molecular weight excluding hydrogens is 260 g/mol. The van der Waals surface area contributed by atoms with Crippen LogP contribution in [0.5, 0.6) is 11.6 Å². The molecule has 2 aromatic rings. The van der Waals surface area contributed by atoms with Crippen LogP contribution in [0.2, 0.25) is 0 Å². The minimum Gasteiger partial charge on any atom is -0.433 e. The lowest BCUT2D eigenvalue weighted by molar-refractivity contribution is -0.385. The molecule has 7 nitrogen and oxygen atoms in total. The molecule has 0 aliphatic carbocycles. The second-order valence-corrected chi connectivity index (χ2v) is 4.25. The first kappa shape index (κ1) is 13.7. The molecule has 0 saturated carbocycles. The van der Waals surface area contributed by atoms with Crippen molar-refractivity contribution in [3.05, 3.63) is 45.8 Å². The molecule has 0 saturated heterocycles. The van der Waals surface area contributed by atoms with E-state index in [4.69, 9.17) is 4.74 Å². The minimum atomic E-state index is -0.563. The van der Waals surface area contributed by atoms with Gasteiger partial charge in [0.05, 0.1) is 4.92 Å². The van der Waals surface area contributed by atoms with Crippen LogP contribution in [-0.2, 0) is 0 Å². The number of benzene rings is 1. The summed E-state index contributed by atoms with van der Waals surface area (Å²) < 4.78 is 5.59. The van der Waals surface area contributed by atoms with E-state index >= 15 is 0 Å². The Labute approximate surface area is 115 Å². The van der Waals surface area contributed by atoms with Crippen molar-refractivity contribution in [3.63, 3.8) is 0 Å². The lowest BCUT2D eigenvalue weighted by Gasteiger charge is -2.10. The van der Waals surface area contributed by atoms with Gasteiger partial charge >= 0.3 is 11.6 Å². The van der Waals surface area contributed by atoms with Crippen LogP contribution in [0.25, 0.3) is 0 Å². The van der Waals surface area contributed by atoms with Gasteiger partial charge in [-0.3, -0.25) is 10.1 Å². The molecule has 1 heterocycles. The SMILES string of the molecule is CNc1ncnc(Oc2cc(C)ccc2C)c1[N+](=O)[O-]. The average Bonchev–Trinajstić information content (AvgIpc) is 2.42. The molecule has 0 aliphatic heterocycles. The summed E-state index contributed by atoms with van der Waals surface area (Å²) in [5.41, 5.74) is 1.58. The summed E-state index contributed by atoms with van der Waals surface area (Å²) in [4.78, 5) is 18.3. The highest BCUT2D eigenvalue weighted by Crippen LogP contribution is 2.34. The topological polar surface area (TPSA) is 90.2 Å². The summed E-state index contributed by atoms with van der Waals surface area (Å²) in [5, 5.41) is 13.8. The molecule has 0 amide bonds. The zero-order valence-corrected chi connectivity index (χ0v) is 11.4. The van der Waals surface area contributed by atoms with Crippen LogP contribution in [0.1, 0.15) is 11.1 Å². The maximum Gasteiger partial charge on any atom is 0.373 e. The lowest BCUT2D eigenvalue weighted by atomic mass is 10.1. The van der Waals surface area contributed by atoms with E-state index in [1.807, 2.05) is 26.0 Å². The summed E-state index contributed by atoms with van der Waals surface area (Å²) in [7, 11) is 1.55. The molecular formula is C13H14N4O3. The molecule has 0 bridgehead atoms. The molecule has 0 fully saturated rings. The highest BCUT2D eigenvalue weighted by molar-refractivity contribution is 5.61. The van der Waals surface area contributed by atoms with Gasteiger partial charge in [-0.15, -0.1) is 0 Å². The van der Waals surface area contributed by atoms with E-state index in [2.05, 4.69) is 15.3 Å². The quantitative estimate of drug-likeness (QED) is 0.681. The fourth-order valence-electron chi connectivity index (χ4n) is 1.71. The van der Waals surface area contributed by atoms with Crippen molar-refractivity contribution in [1.82, 2.24) is 9.97 Å². The van der Waals surface area contributed by atoms with Gasteiger partial charge in [-0.05, 0) is 31.0 Å². The third-order valence-electron chi connectivity index (χ3n) is 2.76. The molecule has 0 radical (unpaired) electrons. The predicted octanol–water partition coefficient (Wildman–Crippen LogP) is 2.84. The molecule has 0 atom stereocenters. The van der Waals surface area contributed by atoms with Crippen LogP contribution >= 0.6 is 0 Å². The standard InChI is InChI=1S/C13H14N4O3/c1-8-4-5-9(2)10(6-8)20-13-11(17(18)19)12(14-3)15-7-16-13/h4-7H,1-3H3,(H,14,15,16). The van der Waals surface area contributed by atoms with E-state index < -0.39 is 4.92 Å². The van der Waals surface area contributed by atoms with Crippen molar-refractivity contribution in [2.45, 2.75) is 13.8 Å². The fraction of sp³-hybridized carbons (Fsp3) is 0.231. The Kier molecular flexibility index (Phi) is 3.79. The maximum atomic E-state index is 11.1. The second-order valence-electron chi connectivity index (χ2n) is 4.25. The average molecular weight is 274 g/mol. The fourth-order valence-corrected chi connectivity index (χ4v) is 1.71. The Morgan fingerprint density at radius 1 is 1.30 bits per heavy atom. The molecule has 0 unspecified atom stereocenters. The van der Waals surface area contributed by atoms with Crippen molar-refractivity contribution in [2.24, 2.45) is 0 Å². The Bertz CT molecular complexity index is 658. The van der Waals surface area contributed by atoms with Crippen molar-refractivity contribution in [3.8, 4) is 11.6 Å². The number of nitrogens with zero attached hydrogens (tertiary/aromatic N) is 3. The first-order valence-corrected chi connectivity index (χ1v) is 5.95. The molecule has 1 aromatic carbocycles. The Morgan fingerprint density at radius 2 is 2.05 bits per heavy atom. The number of aromatic nitrogens is 2. The summed E-state index contributed by atoms with van der Waals surface area (Å²) >= 11 is 0. The number of nitrogens with one attached hydrogen (secondary N) is 1. The first-order chi connectivity index (χ1) is 9.52. The summed E-state index contributed by atoms with van der Waals surface area (Å²) in [5.74, 6) is 0.571. The number of anilines is 1. The first-order valence-electron chi connectivity index (χ1n) is 5.95. The lowest BCUT2D eigenvalue weighted by Crippen LogP contribution is -2.03. The van der Waals surface area contributed by atoms with E-state index in [-0.39, 0.29) is 17.4 Å². The second kappa shape index (κ2) is 5.52. The molecule has 20 heavy (non-hydrogen) atoms. The third-order valence-corrected chi connectivity index (χ3v) is 2.76. The summed E-state index contributed by atoms with van der Waals surface area (Å²) in [6.07, 6.45) is 1.22. The Balaban J connectivity index is 2.48. The van der Waals surface area contributed by atoms with Crippen LogP contribution in [0.15, 0.2) is 24.5 Å². The number of rotatable bonds is 4. The molecule has 1 aromatic heterocycles. The molecule has 7 heteroatoms. The summed E-state index contributed by atoms with van der Waals surface area (Å²) in [6.45, 7) is 3.78. The van der Waals surface area contributed by atoms with Crippen LogP contribution in [0, 0.1) is 24.0 Å². The van der Waals surface area contributed by atoms with E-state index in [0.717, 1.165) is 11.1 Å². The van der Waals surface area contributed by atoms with Crippen LogP contribution in [0.3, 0.4) is 0 Å². The van der Waals surface area contributed by atoms with Gasteiger partial charge in [0, 0.05) is 7.05 Å². The largest absolute Gasteiger partial charge is 0.433 e. The van der Waals surface area contributed by atoms with E-state index in [0.29, 0.717) is 5.75 Å². The number of ether oxygens (including phenoxy) is 1. The van der Waals surface area contributed by atoms with E-state index in [9.17, 15) is 10.1 Å². The number of hydrogen-bond acceptors (Lipinski definition) is 6. The number of nitro groups is 1. The zero-order chi connectivity index (χ0) is 14.7. The van der Waals surface area contributed by atoms with Gasteiger partial charge in [-0.1, -0.05) is 12.1 Å². The van der Waals surface area contributed by atoms with Crippen LogP contribution < -0.4 is 10.1 Å². The van der Waals surface area contributed by atoms with Gasteiger partial charge in [0.25, 0.3) is 0 Å². The molecule has 0 spiro atoms. The molecule has 1 N–H and O–H groups in total. The molecule has 2 rings (SSSR count). The highest BCUT2D eigenvalue weighted by atomic mass is 16.6. The monoisotopic (exact) mass is 274 g/mol. The van der Waals surface area contributed by atoms with E-state index in [1.54, 1.807) is 13.1 Å². The Hall–Kier alpha value is -2.70. The van der Waals surface area contributed by atoms with Gasteiger partial charge in [0.2, 0.25) is 5.82 Å². The van der Waals surface area contributed by atoms with Crippen LogP contribution in [0.4, 0.5) is 11.5 Å². The van der Waals surface area contributed by atoms with Gasteiger partial charge in [-0.25, -0.2) is 4.98 Å². The summed E-state index contributed by atoms with van der Waals surface area (Å²) in [6, 6.07) is 5.63.